The van der Waals surface area contributed by atoms with Gasteiger partial charge in [0, 0.05) is 25.2 Å². The van der Waals surface area contributed by atoms with Crippen LogP contribution in [0.3, 0.4) is 0 Å². The first-order valence-electron chi connectivity index (χ1n) is 7.35. The Morgan fingerprint density at radius 2 is 1.50 bits per heavy atom. The summed E-state index contributed by atoms with van der Waals surface area (Å²) in [6, 6.07) is 0. The van der Waals surface area contributed by atoms with E-state index in [1.165, 1.54) is 0 Å². The normalized spacial score (nSPS) is 31.9. The number of morpholine rings is 1. The van der Waals surface area contributed by atoms with Crippen LogP contribution < -0.4 is 5.73 Å². The number of hydrogen-bond acceptors (Lipinski definition) is 5. The summed E-state index contributed by atoms with van der Waals surface area (Å²) in [5.74, 6) is 0.505. The highest BCUT2D eigenvalue weighted by Crippen LogP contribution is 2.37. The smallest absolute Gasteiger partial charge is 0.150 e. The van der Waals surface area contributed by atoms with E-state index in [2.05, 4.69) is 32.6 Å². The van der Waals surface area contributed by atoms with Crippen molar-refractivity contribution in [1.82, 2.24) is 4.90 Å². The van der Waals surface area contributed by atoms with Gasteiger partial charge < -0.3 is 10.5 Å². The number of ether oxygens (including phenoxy) is 1. The molecule has 0 aromatic carbocycles. The topological polar surface area (TPSA) is 72.6 Å². The quantitative estimate of drug-likeness (QED) is 0.816. The summed E-state index contributed by atoms with van der Waals surface area (Å²) >= 11 is 0. The zero-order chi connectivity index (χ0) is 15.2. The zero-order valence-electron chi connectivity index (χ0n) is 13.1. The standard InChI is InChI=1S/C14H28N2O3S/c1-12(2)10-16(11-13(3,4)19-12)14(9-15)5-7-20(17,18)8-6-14/h5-11,15H2,1-4H3. The first-order valence-corrected chi connectivity index (χ1v) is 9.17. The van der Waals surface area contributed by atoms with Gasteiger partial charge >= 0.3 is 0 Å². The molecule has 0 aromatic heterocycles. The highest BCUT2D eigenvalue weighted by molar-refractivity contribution is 7.91. The molecule has 20 heavy (non-hydrogen) atoms. The average Bonchev–Trinajstić information content (AvgIpc) is 2.25. The Labute approximate surface area is 122 Å². The van der Waals surface area contributed by atoms with E-state index in [9.17, 15) is 8.42 Å². The Hall–Kier alpha value is -0.170. The van der Waals surface area contributed by atoms with Crippen molar-refractivity contribution in [3.05, 3.63) is 0 Å². The zero-order valence-corrected chi connectivity index (χ0v) is 13.9. The first kappa shape index (κ1) is 16.2. The minimum atomic E-state index is -2.87. The molecule has 2 fully saturated rings. The van der Waals surface area contributed by atoms with Gasteiger partial charge in [0.2, 0.25) is 0 Å². The highest BCUT2D eigenvalue weighted by atomic mass is 32.2. The van der Waals surface area contributed by atoms with Crippen LogP contribution in [0, 0.1) is 0 Å². The molecule has 0 amide bonds. The summed E-state index contributed by atoms with van der Waals surface area (Å²) in [7, 11) is -2.87. The van der Waals surface area contributed by atoms with Crippen molar-refractivity contribution in [2.24, 2.45) is 5.73 Å². The molecular formula is C14H28N2O3S. The molecule has 2 N–H and O–H groups in total. The molecule has 0 bridgehead atoms. The Morgan fingerprint density at radius 3 is 1.90 bits per heavy atom. The maximum Gasteiger partial charge on any atom is 0.150 e. The molecular weight excluding hydrogens is 276 g/mol. The van der Waals surface area contributed by atoms with Crippen molar-refractivity contribution in [3.63, 3.8) is 0 Å². The molecule has 0 saturated carbocycles. The van der Waals surface area contributed by atoms with E-state index >= 15 is 0 Å². The molecule has 2 aliphatic rings. The summed E-state index contributed by atoms with van der Waals surface area (Å²) in [5.41, 5.74) is 5.39. The van der Waals surface area contributed by atoms with Gasteiger partial charge in [-0.2, -0.15) is 0 Å². The van der Waals surface area contributed by atoms with E-state index in [0.717, 1.165) is 13.1 Å². The SMILES string of the molecule is CC1(C)CN(C2(CN)CCS(=O)(=O)CC2)CC(C)(C)O1. The first-order chi connectivity index (χ1) is 8.99. The van der Waals surface area contributed by atoms with Gasteiger partial charge in [-0.1, -0.05) is 0 Å². The summed E-state index contributed by atoms with van der Waals surface area (Å²) in [6.07, 6.45) is 1.27. The third kappa shape index (κ3) is 3.35. The Bertz CT molecular complexity index is 441. The van der Waals surface area contributed by atoms with E-state index in [0.29, 0.717) is 19.4 Å². The Kier molecular flexibility index (Phi) is 4.00. The lowest BCUT2D eigenvalue weighted by molar-refractivity contribution is -0.199. The van der Waals surface area contributed by atoms with Crippen LogP contribution in [0.15, 0.2) is 0 Å². The predicted molar refractivity (Wildman–Crippen MR) is 80.5 cm³/mol. The molecule has 2 rings (SSSR count). The molecule has 5 nitrogen and oxygen atoms in total. The van der Waals surface area contributed by atoms with E-state index in [-0.39, 0.29) is 28.2 Å². The molecule has 2 saturated heterocycles. The lowest BCUT2D eigenvalue weighted by Gasteiger charge is -2.55. The summed E-state index contributed by atoms with van der Waals surface area (Å²) in [4.78, 5) is 2.38. The van der Waals surface area contributed by atoms with Crippen LogP contribution in [0.2, 0.25) is 0 Å². The van der Waals surface area contributed by atoms with Crippen molar-refractivity contribution in [1.29, 1.82) is 0 Å². The average molecular weight is 304 g/mol. The van der Waals surface area contributed by atoms with Crippen molar-refractivity contribution in [3.8, 4) is 0 Å². The molecule has 6 heteroatoms. The van der Waals surface area contributed by atoms with Crippen LogP contribution in [0.25, 0.3) is 0 Å². The maximum atomic E-state index is 11.7. The minimum Gasteiger partial charge on any atom is -0.367 e. The van der Waals surface area contributed by atoms with Crippen LogP contribution >= 0.6 is 0 Å². The van der Waals surface area contributed by atoms with Crippen molar-refractivity contribution in [2.75, 3.05) is 31.1 Å². The summed E-state index contributed by atoms with van der Waals surface area (Å²) in [6.45, 7) is 10.5. The largest absolute Gasteiger partial charge is 0.367 e. The molecule has 0 aromatic rings. The third-order valence-electron chi connectivity index (χ3n) is 4.50. The fraction of sp³-hybridized carbons (Fsp3) is 1.00. The molecule has 0 unspecified atom stereocenters. The molecule has 0 aliphatic carbocycles. The van der Waals surface area contributed by atoms with Gasteiger partial charge in [-0.3, -0.25) is 4.90 Å². The monoisotopic (exact) mass is 304 g/mol. The number of sulfone groups is 1. The fourth-order valence-corrected chi connectivity index (χ4v) is 5.28. The van der Waals surface area contributed by atoms with Gasteiger partial charge in [0.25, 0.3) is 0 Å². The summed E-state index contributed by atoms with van der Waals surface area (Å²) < 4.78 is 29.5. The lowest BCUT2D eigenvalue weighted by atomic mass is 9.85. The van der Waals surface area contributed by atoms with Crippen LogP contribution in [-0.4, -0.2) is 61.2 Å². The fourth-order valence-electron chi connectivity index (χ4n) is 3.69. The van der Waals surface area contributed by atoms with Crippen LogP contribution in [0.4, 0.5) is 0 Å². The molecule has 0 radical (unpaired) electrons. The van der Waals surface area contributed by atoms with Gasteiger partial charge in [-0.25, -0.2) is 8.42 Å². The van der Waals surface area contributed by atoms with Crippen molar-refractivity contribution >= 4 is 9.84 Å². The second-order valence-corrected chi connectivity index (χ2v) is 9.86. The minimum absolute atomic E-state index is 0.191. The number of hydrogen-bond donors (Lipinski definition) is 1. The van der Waals surface area contributed by atoms with Gasteiger partial charge in [-0.05, 0) is 40.5 Å². The molecule has 118 valence electrons. The van der Waals surface area contributed by atoms with Gasteiger partial charge in [0.05, 0.1) is 22.7 Å². The molecule has 2 heterocycles. The molecule has 2 aliphatic heterocycles. The van der Waals surface area contributed by atoms with E-state index in [1.807, 2.05) is 0 Å². The van der Waals surface area contributed by atoms with Crippen molar-refractivity contribution in [2.45, 2.75) is 57.3 Å². The van der Waals surface area contributed by atoms with Crippen LogP contribution in [0.1, 0.15) is 40.5 Å². The second-order valence-electron chi connectivity index (χ2n) is 7.56. The van der Waals surface area contributed by atoms with Gasteiger partial charge in [0.1, 0.15) is 9.84 Å². The van der Waals surface area contributed by atoms with Gasteiger partial charge in [-0.15, -0.1) is 0 Å². The van der Waals surface area contributed by atoms with Gasteiger partial charge in [0.15, 0.2) is 0 Å². The van der Waals surface area contributed by atoms with E-state index in [1.54, 1.807) is 0 Å². The number of nitrogens with zero attached hydrogens (tertiary/aromatic N) is 1. The second kappa shape index (κ2) is 4.93. The molecule has 0 atom stereocenters. The Balaban J connectivity index is 2.23. The maximum absolute atomic E-state index is 11.7. The lowest BCUT2D eigenvalue weighted by Crippen LogP contribution is -2.67. The van der Waals surface area contributed by atoms with Crippen LogP contribution in [0.5, 0.6) is 0 Å². The van der Waals surface area contributed by atoms with E-state index < -0.39 is 9.84 Å². The predicted octanol–water partition coefficient (Wildman–Crippen LogP) is 0.782. The molecule has 0 spiro atoms. The van der Waals surface area contributed by atoms with Crippen LogP contribution in [-0.2, 0) is 14.6 Å². The van der Waals surface area contributed by atoms with E-state index in [4.69, 9.17) is 10.5 Å². The number of nitrogens with two attached hydrogens (primary N) is 1. The van der Waals surface area contributed by atoms with Crippen molar-refractivity contribution < 1.29 is 13.2 Å². The number of rotatable bonds is 2. The Morgan fingerprint density at radius 1 is 1.05 bits per heavy atom. The highest BCUT2D eigenvalue weighted by Gasteiger charge is 2.48. The summed E-state index contributed by atoms with van der Waals surface area (Å²) in [5, 5.41) is 0. The third-order valence-corrected chi connectivity index (χ3v) is 6.16.